The molecule has 6 N–H and O–H groups in total. The van der Waals surface area contributed by atoms with Gasteiger partial charge in [0, 0.05) is 6.07 Å². The number of carbonyl (C=O) groups excluding carboxylic acids is 3. The highest BCUT2D eigenvalue weighted by molar-refractivity contribution is 5.93. The number of esters is 3. The zero-order chi connectivity index (χ0) is 58.8. The van der Waals surface area contributed by atoms with E-state index in [9.17, 15) is 59.4 Å². The van der Waals surface area contributed by atoms with Crippen LogP contribution < -0.4 is 14.2 Å². The molecule has 8 rings (SSSR count). The van der Waals surface area contributed by atoms with E-state index in [-0.39, 0.29) is 89.5 Å². The zero-order valence-electron chi connectivity index (χ0n) is 43.6. The normalized spacial score (nSPS) is 11.3. The fourth-order valence-electron chi connectivity index (χ4n) is 7.97. The molecule has 0 aliphatic heterocycles. The van der Waals surface area contributed by atoms with E-state index in [4.69, 9.17) is 14.2 Å². The van der Waals surface area contributed by atoms with E-state index >= 15 is 0 Å². The van der Waals surface area contributed by atoms with Crippen LogP contribution in [0.5, 0.6) is 34.5 Å². The van der Waals surface area contributed by atoms with Crippen LogP contribution >= 0.6 is 0 Å². The van der Waals surface area contributed by atoms with Crippen LogP contribution in [0, 0.1) is 0 Å². The molecule has 0 radical (unpaired) electrons. The molecule has 0 unspecified atom stereocenters. The van der Waals surface area contributed by atoms with E-state index in [1.165, 1.54) is 60.7 Å². The number of nitrogens with zero attached hydrogens (tertiary/aromatic N) is 6. The Morgan fingerprint density at radius 3 is 1.02 bits per heavy atom. The quantitative estimate of drug-likeness (QED) is 0.0150. The molecule has 416 valence electrons. The van der Waals surface area contributed by atoms with Crippen LogP contribution in [0.25, 0.3) is 12.2 Å². The molecule has 21 heteroatoms. The molecule has 0 amide bonds. The number of ether oxygens (including phenoxy) is 3. The van der Waals surface area contributed by atoms with Gasteiger partial charge >= 0.3 is 35.8 Å². The number of aromatic carboxylic acids is 3. The Bertz CT molecular complexity index is 3740. The Kier molecular flexibility index (Phi) is 19.0. The molecule has 0 spiro atoms. The summed E-state index contributed by atoms with van der Waals surface area (Å²) in [6.45, 7) is 0. The first kappa shape index (κ1) is 57.7. The lowest BCUT2D eigenvalue weighted by atomic mass is 10.1. The van der Waals surface area contributed by atoms with Gasteiger partial charge in [-0.05, 0) is 144 Å². The summed E-state index contributed by atoms with van der Waals surface area (Å²) < 4.78 is 17.2. The molecule has 8 aromatic carbocycles. The van der Waals surface area contributed by atoms with Crippen molar-refractivity contribution in [3.05, 3.63) is 214 Å². The second-order valence-corrected chi connectivity index (χ2v) is 18.1. The van der Waals surface area contributed by atoms with E-state index in [1.54, 1.807) is 121 Å². The van der Waals surface area contributed by atoms with Gasteiger partial charge in [0.1, 0.15) is 51.2 Å². The number of phenols is 3. The van der Waals surface area contributed by atoms with Crippen molar-refractivity contribution in [1.82, 2.24) is 0 Å². The smallest absolute Gasteiger partial charge is 0.339 e. The molecule has 0 saturated heterocycles. The summed E-state index contributed by atoms with van der Waals surface area (Å²) in [5.74, 6) is -6.65. The number of carboxylic acid groups (broad SMARTS) is 3. The highest BCUT2D eigenvalue weighted by Gasteiger charge is 2.17. The number of hydrogen-bond donors (Lipinski definition) is 6. The van der Waals surface area contributed by atoms with E-state index in [2.05, 4.69) is 30.7 Å². The minimum Gasteiger partial charge on any atom is -0.507 e. The SMILES string of the molecule is O=C(CCc1ccccc1/N=N/c1ccc(O)c(C(=O)O)c1)Oc1ccc(/C=C/c2cc(OC(=O)CCc3ccccc3/N=N/c3ccc(O)c(C(=O)O)c3)cc(OC(=O)CCc3ccccc3/N=N/c3ccc(O)c(C(=O)O)c3)c2)cc1. The number of rotatable bonds is 23. The van der Waals surface area contributed by atoms with Gasteiger partial charge in [-0.2, -0.15) is 30.7 Å². The number of azo groups is 3. The third-order valence-electron chi connectivity index (χ3n) is 12.2. The first-order chi connectivity index (χ1) is 40.0. The molecule has 0 aliphatic rings. The maximum absolute atomic E-state index is 13.5. The molecule has 0 aliphatic carbocycles. The van der Waals surface area contributed by atoms with Gasteiger partial charge in [-0.1, -0.05) is 78.9 Å². The van der Waals surface area contributed by atoms with E-state index < -0.39 is 53.1 Å². The van der Waals surface area contributed by atoms with Crippen LogP contribution in [0.15, 0.2) is 201 Å². The largest absolute Gasteiger partial charge is 0.507 e. The van der Waals surface area contributed by atoms with Crippen molar-refractivity contribution in [3.8, 4) is 34.5 Å². The van der Waals surface area contributed by atoms with E-state index in [1.807, 2.05) is 0 Å². The minimum absolute atomic E-state index is 0.0103. The van der Waals surface area contributed by atoms with Crippen LogP contribution in [-0.2, 0) is 33.6 Å². The van der Waals surface area contributed by atoms with Crippen LogP contribution in [0.3, 0.4) is 0 Å². The van der Waals surface area contributed by atoms with Crippen molar-refractivity contribution in [3.63, 3.8) is 0 Å². The number of carbonyl (C=O) groups is 6. The van der Waals surface area contributed by atoms with Gasteiger partial charge in [0.15, 0.2) is 0 Å². The predicted molar refractivity (Wildman–Crippen MR) is 301 cm³/mol. The maximum Gasteiger partial charge on any atom is 0.339 e. The Labute approximate surface area is 472 Å². The summed E-state index contributed by atoms with van der Waals surface area (Å²) in [7, 11) is 0. The van der Waals surface area contributed by atoms with Gasteiger partial charge in [-0.25, -0.2) is 14.4 Å². The zero-order valence-corrected chi connectivity index (χ0v) is 43.6. The molecular weight excluding hydrogens is 1070 g/mol. The first-order valence-electron chi connectivity index (χ1n) is 25.3. The molecule has 0 atom stereocenters. The second kappa shape index (κ2) is 27.4. The highest BCUT2D eigenvalue weighted by Crippen LogP contribution is 2.32. The summed E-state index contributed by atoms with van der Waals surface area (Å²) in [5.41, 5.74) is 3.92. The van der Waals surface area contributed by atoms with Crippen molar-refractivity contribution in [1.29, 1.82) is 0 Å². The average molecular weight is 1120 g/mol. The number of carboxylic acids is 3. The second-order valence-electron chi connectivity index (χ2n) is 18.1. The van der Waals surface area contributed by atoms with Crippen molar-refractivity contribution in [2.24, 2.45) is 30.7 Å². The highest BCUT2D eigenvalue weighted by atomic mass is 16.5. The van der Waals surface area contributed by atoms with E-state index in [0.717, 1.165) is 0 Å². The number of aryl methyl sites for hydroxylation is 3. The topological polar surface area (TPSA) is 326 Å². The fourth-order valence-corrected chi connectivity index (χ4v) is 7.97. The minimum atomic E-state index is -1.34. The van der Waals surface area contributed by atoms with E-state index in [0.29, 0.717) is 44.9 Å². The molecule has 21 nitrogen and oxygen atoms in total. The lowest BCUT2D eigenvalue weighted by Gasteiger charge is -2.11. The summed E-state index contributed by atoms with van der Waals surface area (Å²) in [6.07, 6.45) is 3.77. The van der Waals surface area contributed by atoms with Crippen molar-refractivity contribution >= 4 is 82.1 Å². The van der Waals surface area contributed by atoms with Gasteiger partial charge in [-0.3, -0.25) is 14.4 Å². The molecule has 0 heterocycles. The molecule has 0 aromatic heterocycles. The van der Waals surface area contributed by atoms with Crippen LogP contribution in [0.2, 0.25) is 0 Å². The average Bonchev–Trinajstić information content (AvgIpc) is 3.56. The van der Waals surface area contributed by atoms with Gasteiger partial charge in [-0.15, -0.1) is 0 Å². The molecular formula is C62H48N6O15. The van der Waals surface area contributed by atoms with Crippen LogP contribution in [0.1, 0.15) is 78.2 Å². The van der Waals surface area contributed by atoms with Crippen molar-refractivity contribution < 1.29 is 73.6 Å². The van der Waals surface area contributed by atoms with Crippen molar-refractivity contribution in [2.45, 2.75) is 38.5 Å². The number of hydrogen-bond acceptors (Lipinski definition) is 18. The lowest BCUT2D eigenvalue weighted by Crippen LogP contribution is -2.11. The Morgan fingerprint density at radius 2 is 0.675 bits per heavy atom. The Morgan fingerprint density at radius 1 is 0.349 bits per heavy atom. The van der Waals surface area contributed by atoms with Gasteiger partial charge in [0.05, 0.1) is 53.4 Å². The lowest BCUT2D eigenvalue weighted by molar-refractivity contribution is -0.135. The summed E-state index contributed by atoms with van der Waals surface area (Å²) >= 11 is 0. The maximum atomic E-state index is 13.5. The predicted octanol–water partition coefficient (Wildman–Crippen LogP) is 13.9. The van der Waals surface area contributed by atoms with Crippen LogP contribution in [-0.4, -0.2) is 66.5 Å². The molecule has 8 aromatic rings. The Balaban J connectivity index is 0.936. The third kappa shape index (κ3) is 16.5. The standard InChI is InChI=1S/C62H48N6O15/c69-54-25-20-42(33-48(54)60(75)76)63-66-51-10-4-1-7-39(51)17-28-57(72)81-45-23-15-37(16-24-45)13-14-38-31-46(82-58(73)29-18-40-8-2-5-11-52(40)67-64-43-21-26-55(70)49(34-43)61(77)78)36-47(32-38)83-59(74)30-19-41-9-3-6-12-53(41)68-65-44-22-27-56(71)50(35-44)62(79)80/h1-16,20-27,31-36,69-71H,17-19,28-30H2,(H,75,76)(H,77,78)(H,79,80)/b14-13+,66-63+,67-64+,68-65+. The summed E-state index contributed by atoms with van der Waals surface area (Å²) in [5, 5.41) is 82.8. The molecule has 0 saturated carbocycles. The molecule has 83 heavy (non-hydrogen) atoms. The monoisotopic (exact) mass is 1120 g/mol. The summed E-state index contributed by atoms with van der Waals surface area (Å²) in [6, 6.07) is 43.3. The van der Waals surface area contributed by atoms with Crippen molar-refractivity contribution in [2.75, 3.05) is 0 Å². The van der Waals surface area contributed by atoms with Gasteiger partial charge in [0.2, 0.25) is 0 Å². The molecule has 0 bridgehead atoms. The third-order valence-corrected chi connectivity index (χ3v) is 12.2. The first-order valence-corrected chi connectivity index (χ1v) is 25.3. The number of aromatic hydroxyl groups is 3. The summed E-state index contributed by atoms with van der Waals surface area (Å²) in [4.78, 5) is 74.4. The van der Waals surface area contributed by atoms with Gasteiger partial charge < -0.3 is 44.8 Å². The van der Waals surface area contributed by atoms with Gasteiger partial charge in [0.25, 0.3) is 0 Å². The fraction of sp³-hybridized carbons (Fsp3) is 0.0968. The molecule has 0 fully saturated rings. The van der Waals surface area contributed by atoms with Crippen LogP contribution in [0.4, 0.5) is 34.1 Å². The Hall–Kier alpha value is -11.5. The number of benzene rings is 8.